The van der Waals surface area contributed by atoms with E-state index in [0.717, 1.165) is 27.7 Å². The maximum atomic E-state index is 4.31. The van der Waals surface area contributed by atoms with Crippen LogP contribution in [0.3, 0.4) is 0 Å². The fraction of sp³-hybridized carbons (Fsp3) is 0.545. The largest absolute Gasteiger partial charge is 0.369 e. The fourth-order valence-electron chi connectivity index (χ4n) is 0.993. The number of halogens is 2. The Morgan fingerprint density at radius 2 is 2.07 bits per heavy atom. The number of nitrogens with one attached hydrogen (secondary N) is 1. The molecule has 0 aliphatic carbocycles. The van der Waals surface area contributed by atoms with Gasteiger partial charge in [0.2, 0.25) is 0 Å². The summed E-state index contributed by atoms with van der Waals surface area (Å²) in [5, 5.41) is 3.35. The van der Waals surface area contributed by atoms with E-state index in [0.29, 0.717) is 5.41 Å². The zero-order valence-electron chi connectivity index (χ0n) is 9.27. The summed E-state index contributed by atoms with van der Waals surface area (Å²) in [4.78, 5) is 4.31. The van der Waals surface area contributed by atoms with Gasteiger partial charge in [0.25, 0.3) is 0 Å². The molecule has 1 N–H and O–H groups in total. The van der Waals surface area contributed by atoms with E-state index < -0.39 is 0 Å². The molecular formula is C11H16Br2N2. The van der Waals surface area contributed by atoms with Crippen LogP contribution in [-0.2, 0) is 0 Å². The highest BCUT2D eigenvalue weighted by Gasteiger charge is 2.15. The molecule has 4 heteroatoms. The van der Waals surface area contributed by atoms with Crippen LogP contribution in [0.2, 0.25) is 0 Å². The lowest BCUT2D eigenvalue weighted by molar-refractivity contribution is 0.376. The number of hydrogen-bond acceptors (Lipinski definition) is 2. The fourth-order valence-corrected chi connectivity index (χ4v) is 2.12. The van der Waals surface area contributed by atoms with Gasteiger partial charge in [-0.2, -0.15) is 0 Å². The van der Waals surface area contributed by atoms with Crippen LogP contribution in [0.15, 0.2) is 21.2 Å². The van der Waals surface area contributed by atoms with Crippen molar-refractivity contribution in [2.75, 3.05) is 11.9 Å². The summed E-state index contributed by atoms with van der Waals surface area (Å²) in [7, 11) is 0. The van der Waals surface area contributed by atoms with Crippen LogP contribution in [0.1, 0.15) is 27.2 Å². The van der Waals surface area contributed by atoms with E-state index in [-0.39, 0.29) is 0 Å². The molecule has 1 aromatic heterocycles. The first kappa shape index (κ1) is 13.0. The monoisotopic (exact) mass is 334 g/mol. The van der Waals surface area contributed by atoms with Gasteiger partial charge in [-0.1, -0.05) is 20.8 Å². The van der Waals surface area contributed by atoms with Gasteiger partial charge in [0.1, 0.15) is 5.82 Å². The summed E-state index contributed by atoms with van der Waals surface area (Å²) in [6.45, 7) is 7.61. The van der Waals surface area contributed by atoms with Gasteiger partial charge in [-0.3, -0.25) is 0 Å². The summed E-state index contributed by atoms with van der Waals surface area (Å²) in [6.07, 6.45) is 2.94. The number of hydrogen-bond donors (Lipinski definition) is 1. The molecule has 0 radical (unpaired) electrons. The van der Waals surface area contributed by atoms with Crippen LogP contribution in [0.4, 0.5) is 5.82 Å². The Morgan fingerprint density at radius 1 is 1.40 bits per heavy atom. The van der Waals surface area contributed by atoms with Crippen molar-refractivity contribution in [3.05, 3.63) is 21.2 Å². The first-order chi connectivity index (χ1) is 6.94. The molecule has 0 bridgehead atoms. The first-order valence-corrected chi connectivity index (χ1v) is 6.58. The molecule has 84 valence electrons. The molecule has 1 aromatic rings. The Balaban J connectivity index is 2.66. The highest BCUT2D eigenvalue weighted by molar-refractivity contribution is 9.11. The molecule has 0 atom stereocenters. The molecule has 0 unspecified atom stereocenters. The molecule has 0 saturated carbocycles. The summed E-state index contributed by atoms with van der Waals surface area (Å²) in [5.74, 6) is 0.903. The minimum Gasteiger partial charge on any atom is -0.369 e. The standard InChI is InChI=1S/C11H16Br2N2/c1-4-11(2,3)7-15-10-9(13)5-8(12)6-14-10/h5-6H,4,7H2,1-3H3,(H,14,15). The van der Waals surface area contributed by atoms with Gasteiger partial charge in [0.05, 0.1) is 4.47 Å². The molecule has 0 fully saturated rings. The van der Waals surface area contributed by atoms with E-state index >= 15 is 0 Å². The van der Waals surface area contributed by atoms with Crippen LogP contribution >= 0.6 is 31.9 Å². The lowest BCUT2D eigenvalue weighted by atomic mass is 9.90. The third kappa shape index (κ3) is 4.11. The van der Waals surface area contributed by atoms with Crippen LogP contribution in [-0.4, -0.2) is 11.5 Å². The van der Waals surface area contributed by atoms with Gasteiger partial charge in [0.15, 0.2) is 0 Å². The number of anilines is 1. The van der Waals surface area contributed by atoms with Crippen molar-refractivity contribution in [2.24, 2.45) is 5.41 Å². The highest BCUT2D eigenvalue weighted by atomic mass is 79.9. The third-order valence-electron chi connectivity index (χ3n) is 2.50. The molecule has 0 aliphatic heterocycles. The van der Waals surface area contributed by atoms with Gasteiger partial charge in [-0.05, 0) is 49.8 Å². The van der Waals surface area contributed by atoms with Crippen molar-refractivity contribution in [3.63, 3.8) is 0 Å². The quantitative estimate of drug-likeness (QED) is 0.878. The topological polar surface area (TPSA) is 24.9 Å². The molecule has 2 nitrogen and oxygen atoms in total. The van der Waals surface area contributed by atoms with Crippen molar-refractivity contribution >= 4 is 37.7 Å². The summed E-state index contributed by atoms with van der Waals surface area (Å²) in [6, 6.07) is 1.99. The molecule has 1 heterocycles. The summed E-state index contributed by atoms with van der Waals surface area (Å²) >= 11 is 6.86. The van der Waals surface area contributed by atoms with Crippen LogP contribution < -0.4 is 5.32 Å². The van der Waals surface area contributed by atoms with Gasteiger partial charge in [0, 0.05) is 17.2 Å². The normalized spacial score (nSPS) is 11.5. The second-order valence-electron chi connectivity index (χ2n) is 4.36. The van der Waals surface area contributed by atoms with Crippen LogP contribution in [0.25, 0.3) is 0 Å². The van der Waals surface area contributed by atoms with Crippen molar-refractivity contribution in [1.82, 2.24) is 4.98 Å². The Bertz CT molecular complexity index is 337. The Hall–Kier alpha value is -0.0900. The van der Waals surface area contributed by atoms with Crippen LogP contribution in [0.5, 0.6) is 0 Å². The smallest absolute Gasteiger partial charge is 0.140 e. The van der Waals surface area contributed by atoms with Gasteiger partial charge < -0.3 is 5.32 Å². The average Bonchev–Trinajstić information content (AvgIpc) is 2.16. The Kier molecular flexibility index (Phi) is 4.59. The van der Waals surface area contributed by atoms with Crippen molar-refractivity contribution in [1.29, 1.82) is 0 Å². The minimum absolute atomic E-state index is 0.300. The highest BCUT2D eigenvalue weighted by Crippen LogP contribution is 2.26. The van der Waals surface area contributed by atoms with E-state index in [9.17, 15) is 0 Å². The van der Waals surface area contributed by atoms with E-state index in [2.05, 4.69) is 62.9 Å². The Morgan fingerprint density at radius 3 is 2.60 bits per heavy atom. The molecule has 0 amide bonds. The summed E-state index contributed by atoms with van der Waals surface area (Å²) in [5.41, 5.74) is 0.300. The van der Waals surface area contributed by atoms with Gasteiger partial charge in [-0.15, -0.1) is 0 Å². The predicted molar refractivity (Wildman–Crippen MR) is 72.2 cm³/mol. The third-order valence-corrected chi connectivity index (χ3v) is 3.54. The van der Waals surface area contributed by atoms with Gasteiger partial charge in [-0.25, -0.2) is 4.98 Å². The second-order valence-corrected chi connectivity index (χ2v) is 6.13. The van der Waals surface area contributed by atoms with E-state index in [4.69, 9.17) is 0 Å². The number of aromatic nitrogens is 1. The number of rotatable bonds is 4. The summed E-state index contributed by atoms with van der Waals surface area (Å²) < 4.78 is 1.97. The predicted octanol–water partition coefficient (Wildman–Crippen LogP) is 4.45. The zero-order chi connectivity index (χ0) is 11.5. The molecule has 15 heavy (non-hydrogen) atoms. The molecule has 0 aromatic carbocycles. The molecule has 0 spiro atoms. The lowest BCUT2D eigenvalue weighted by Gasteiger charge is -2.23. The van der Waals surface area contributed by atoms with E-state index in [1.165, 1.54) is 0 Å². The Labute approximate surface area is 108 Å². The van der Waals surface area contributed by atoms with Crippen LogP contribution in [0, 0.1) is 5.41 Å². The zero-order valence-corrected chi connectivity index (χ0v) is 12.4. The van der Waals surface area contributed by atoms with Gasteiger partial charge >= 0.3 is 0 Å². The molecule has 0 saturated heterocycles. The lowest BCUT2D eigenvalue weighted by Crippen LogP contribution is -2.22. The van der Waals surface area contributed by atoms with E-state index in [1.54, 1.807) is 6.20 Å². The molecular weight excluding hydrogens is 320 g/mol. The SMILES string of the molecule is CCC(C)(C)CNc1ncc(Br)cc1Br. The van der Waals surface area contributed by atoms with Crippen molar-refractivity contribution < 1.29 is 0 Å². The number of nitrogens with zero attached hydrogens (tertiary/aromatic N) is 1. The minimum atomic E-state index is 0.300. The maximum absolute atomic E-state index is 4.31. The van der Waals surface area contributed by atoms with E-state index in [1.807, 2.05) is 6.07 Å². The molecule has 1 rings (SSSR count). The number of pyridine rings is 1. The maximum Gasteiger partial charge on any atom is 0.140 e. The van der Waals surface area contributed by atoms with Crippen molar-refractivity contribution in [3.8, 4) is 0 Å². The first-order valence-electron chi connectivity index (χ1n) is 4.99. The van der Waals surface area contributed by atoms with Crippen molar-refractivity contribution in [2.45, 2.75) is 27.2 Å². The average molecular weight is 336 g/mol. The second kappa shape index (κ2) is 5.30. The molecule has 0 aliphatic rings.